The number of carbonyl (C=O) groups excluding carboxylic acids is 2. The lowest BCUT2D eigenvalue weighted by atomic mass is 9.94. The standard InChI is InChI=1S/C17H21N3O2S/c1-19-13-9-20(12-5-3-2-4-6-12)16(21)14(13)15(18-17(19)22)11-7-8-23-10-11/h7-8,10,12,15H,2-6,9H2,1H3,(H,18,22). The van der Waals surface area contributed by atoms with Gasteiger partial charge in [0.05, 0.1) is 23.9 Å². The summed E-state index contributed by atoms with van der Waals surface area (Å²) in [6.07, 6.45) is 5.82. The number of thiophene rings is 1. The second-order valence-corrected chi connectivity index (χ2v) is 7.36. The summed E-state index contributed by atoms with van der Waals surface area (Å²) in [5.74, 6) is 0.106. The fourth-order valence-corrected chi connectivity index (χ4v) is 4.65. The number of nitrogens with one attached hydrogen (secondary N) is 1. The Labute approximate surface area is 140 Å². The molecule has 0 radical (unpaired) electrons. The third-order valence-corrected chi connectivity index (χ3v) is 5.98. The fraction of sp³-hybridized carbons (Fsp3) is 0.529. The van der Waals surface area contributed by atoms with Crippen molar-refractivity contribution in [1.29, 1.82) is 0 Å². The Bertz CT molecular complexity index is 661. The van der Waals surface area contributed by atoms with Gasteiger partial charge in [0.2, 0.25) is 0 Å². The van der Waals surface area contributed by atoms with E-state index in [1.807, 2.05) is 21.7 Å². The Hall–Kier alpha value is -1.82. The fourth-order valence-electron chi connectivity index (χ4n) is 3.97. The van der Waals surface area contributed by atoms with E-state index in [0.717, 1.165) is 29.7 Å². The van der Waals surface area contributed by atoms with E-state index in [2.05, 4.69) is 5.32 Å². The van der Waals surface area contributed by atoms with E-state index < -0.39 is 0 Å². The number of hydrogen-bond donors (Lipinski definition) is 1. The normalized spacial score (nSPS) is 25.9. The molecule has 0 aromatic carbocycles. The van der Waals surface area contributed by atoms with Crippen molar-refractivity contribution in [3.63, 3.8) is 0 Å². The minimum Gasteiger partial charge on any atom is -0.330 e. The highest BCUT2D eigenvalue weighted by Gasteiger charge is 2.44. The Morgan fingerprint density at radius 3 is 2.70 bits per heavy atom. The van der Waals surface area contributed by atoms with Crippen molar-refractivity contribution >= 4 is 23.3 Å². The Balaban J connectivity index is 1.68. The van der Waals surface area contributed by atoms with Crippen LogP contribution in [0.2, 0.25) is 0 Å². The third kappa shape index (κ3) is 2.36. The molecule has 122 valence electrons. The van der Waals surface area contributed by atoms with Gasteiger partial charge in [0.1, 0.15) is 0 Å². The number of likely N-dealkylation sites (N-methyl/N-ethyl adjacent to an activating group) is 1. The van der Waals surface area contributed by atoms with E-state index in [0.29, 0.717) is 12.6 Å². The summed E-state index contributed by atoms with van der Waals surface area (Å²) in [5.41, 5.74) is 2.64. The topological polar surface area (TPSA) is 52.7 Å². The van der Waals surface area contributed by atoms with Gasteiger partial charge in [-0.1, -0.05) is 19.3 Å². The molecule has 23 heavy (non-hydrogen) atoms. The van der Waals surface area contributed by atoms with Crippen LogP contribution < -0.4 is 5.32 Å². The number of nitrogens with zero attached hydrogens (tertiary/aromatic N) is 2. The van der Waals surface area contributed by atoms with Crippen molar-refractivity contribution in [2.24, 2.45) is 0 Å². The van der Waals surface area contributed by atoms with Gasteiger partial charge >= 0.3 is 6.03 Å². The highest BCUT2D eigenvalue weighted by Crippen LogP contribution is 2.38. The van der Waals surface area contributed by atoms with Crippen LogP contribution in [0.25, 0.3) is 0 Å². The van der Waals surface area contributed by atoms with Gasteiger partial charge in [-0.2, -0.15) is 11.3 Å². The monoisotopic (exact) mass is 331 g/mol. The molecule has 1 aliphatic carbocycles. The Morgan fingerprint density at radius 2 is 2.00 bits per heavy atom. The first-order valence-corrected chi connectivity index (χ1v) is 9.21. The molecular formula is C17H21N3O2S. The van der Waals surface area contributed by atoms with Crippen molar-refractivity contribution in [3.05, 3.63) is 33.7 Å². The minimum atomic E-state index is -0.305. The molecule has 0 bridgehead atoms. The van der Waals surface area contributed by atoms with E-state index in [1.165, 1.54) is 19.3 Å². The molecule has 0 spiro atoms. The number of rotatable bonds is 2. The van der Waals surface area contributed by atoms with Crippen LogP contribution in [0.15, 0.2) is 28.1 Å². The molecule has 1 aromatic rings. The van der Waals surface area contributed by atoms with E-state index in [1.54, 1.807) is 23.3 Å². The molecule has 5 nitrogen and oxygen atoms in total. The summed E-state index contributed by atoms with van der Waals surface area (Å²) in [6.45, 7) is 0.573. The second-order valence-electron chi connectivity index (χ2n) is 6.58. The number of carbonyl (C=O) groups is 2. The van der Waals surface area contributed by atoms with Gasteiger partial charge < -0.3 is 10.2 Å². The molecule has 2 aliphatic heterocycles. The van der Waals surface area contributed by atoms with Gasteiger partial charge in [-0.15, -0.1) is 0 Å². The highest BCUT2D eigenvalue weighted by molar-refractivity contribution is 7.08. The average Bonchev–Trinajstić information content (AvgIpc) is 3.20. The van der Waals surface area contributed by atoms with Crippen molar-refractivity contribution < 1.29 is 9.59 Å². The van der Waals surface area contributed by atoms with Gasteiger partial charge in [0, 0.05) is 13.1 Å². The molecule has 0 saturated heterocycles. The van der Waals surface area contributed by atoms with Crippen molar-refractivity contribution in [2.75, 3.05) is 13.6 Å². The molecular weight excluding hydrogens is 310 g/mol. The lowest BCUT2D eigenvalue weighted by molar-refractivity contribution is -0.128. The molecule has 6 heteroatoms. The summed E-state index contributed by atoms with van der Waals surface area (Å²) < 4.78 is 0. The quantitative estimate of drug-likeness (QED) is 0.906. The maximum Gasteiger partial charge on any atom is 0.322 e. The summed E-state index contributed by atoms with van der Waals surface area (Å²) in [6, 6.07) is 1.88. The smallest absolute Gasteiger partial charge is 0.322 e. The average molecular weight is 331 g/mol. The van der Waals surface area contributed by atoms with E-state index in [-0.39, 0.29) is 18.0 Å². The van der Waals surface area contributed by atoms with Crippen LogP contribution in [0.3, 0.4) is 0 Å². The van der Waals surface area contributed by atoms with Gasteiger partial charge in [0.25, 0.3) is 5.91 Å². The lowest BCUT2D eigenvalue weighted by Crippen LogP contribution is -2.45. The SMILES string of the molecule is CN1C(=O)NC(c2ccsc2)C2=C1CN(C1CCCCC1)C2=O. The molecule has 1 N–H and O–H groups in total. The predicted octanol–water partition coefficient (Wildman–Crippen LogP) is 2.87. The zero-order chi connectivity index (χ0) is 16.0. The molecule has 3 aliphatic rings. The van der Waals surface area contributed by atoms with E-state index >= 15 is 0 Å². The Morgan fingerprint density at radius 1 is 1.22 bits per heavy atom. The van der Waals surface area contributed by atoms with Crippen molar-refractivity contribution in [2.45, 2.75) is 44.2 Å². The minimum absolute atomic E-state index is 0.106. The first-order valence-electron chi connectivity index (χ1n) is 8.27. The molecule has 4 rings (SSSR count). The number of amides is 3. The van der Waals surface area contributed by atoms with Crippen LogP contribution in [0.1, 0.15) is 43.7 Å². The zero-order valence-corrected chi connectivity index (χ0v) is 14.1. The summed E-state index contributed by atoms with van der Waals surface area (Å²) in [7, 11) is 1.76. The summed E-state index contributed by atoms with van der Waals surface area (Å²) >= 11 is 1.59. The zero-order valence-electron chi connectivity index (χ0n) is 13.2. The molecule has 1 atom stereocenters. The van der Waals surface area contributed by atoms with E-state index in [9.17, 15) is 9.59 Å². The molecule has 1 unspecified atom stereocenters. The molecule has 3 amide bonds. The molecule has 1 saturated carbocycles. The lowest BCUT2D eigenvalue weighted by Gasteiger charge is -2.31. The maximum atomic E-state index is 13.1. The van der Waals surface area contributed by atoms with Crippen LogP contribution >= 0.6 is 11.3 Å². The van der Waals surface area contributed by atoms with Gasteiger partial charge in [-0.05, 0) is 35.2 Å². The Kier molecular flexibility index (Phi) is 3.64. The maximum absolute atomic E-state index is 13.1. The van der Waals surface area contributed by atoms with Crippen molar-refractivity contribution in [1.82, 2.24) is 15.1 Å². The van der Waals surface area contributed by atoms with Crippen LogP contribution in [0.5, 0.6) is 0 Å². The van der Waals surface area contributed by atoms with Crippen LogP contribution in [-0.2, 0) is 4.79 Å². The predicted molar refractivity (Wildman–Crippen MR) is 89.0 cm³/mol. The van der Waals surface area contributed by atoms with Crippen LogP contribution in [0, 0.1) is 0 Å². The highest BCUT2D eigenvalue weighted by atomic mass is 32.1. The molecule has 3 heterocycles. The molecule has 1 fully saturated rings. The van der Waals surface area contributed by atoms with Gasteiger partial charge in [-0.3, -0.25) is 9.69 Å². The first-order chi connectivity index (χ1) is 11.2. The van der Waals surface area contributed by atoms with Crippen LogP contribution in [0.4, 0.5) is 4.79 Å². The third-order valence-electron chi connectivity index (χ3n) is 5.28. The van der Waals surface area contributed by atoms with E-state index in [4.69, 9.17) is 0 Å². The van der Waals surface area contributed by atoms with Gasteiger partial charge in [-0.25, -0.2) is 4.79 Å². The second kappa shape index (κ2) is 5.67. The summed E-state index contributed by atoms with van der Waals surface area (Å²) in [4.78, 5) is 29.0. The largest absolute Gasteiger partial charge is 0.330 e. The van der Waals surface area contributed by atoms with Crippen molar-refractivity contribution in [3.8, 4) is 0 Å². The number of hydrogen-bond acceptors (Lipinski definition) is 3. The summed E-state index contributed by atoms with van der Waals surface area (Å²) in [5, 5.41) is 6.98. The first kappa shape index (κ1) is 14.8. The number of urea groups is 1. The van der Waals surface area contributed by atoms with Gasteiger partial charge in [0.15, 0.2) is 0 Å². The van der Waals surface area contributed by atoms with Crippen LogP contribution in [-0.4, -0.2) is 41.4 Å². The molecule has 1 aromatic heterocycles.